The summed E-state index contributed by atoms with van der Waals surface area (Å²) >= 11 is 0. The lowest BCUT2D eigenvalue weighted by Crippen LogP contribution is -2.11. The lowest BCUT2D eigenvalue weighted by Gasteiger charge is -2.11. The minimum atomic E-state index is -0.448. The molecule has 2 amide bonds. The highest BCUT2D eigenvalue weighted by Crippen LogP contribution is 2.28. The molecule has 0 atom stereocenters. The van der Waals surface area contributed by atoms with Gasteiger partial charge in [-0.1, -0.05) is 18.2 Å². The van der Waals surface area contributed by atoms with Gasteiger partial charge < -0.3 is 15.4 Å². The van der Waals surface area contributed by atoms with Gasteiger partial charge in [-0.15, -0.1) is 0 Å². The molecule has 0 fully saturated rings. The predicted octanol–water partition coefficient (Wildman–Crippen LogP) is 3.44. The fraction of sp³-hybridized carbons (Fsp3) is 0.111. The van der Waals surface area contributed by atoms with Crippen molar-refractivity contribution < 1.29 is 18.7 Å². The van der Waals surface area contributed by atoms with Crippen molar-refractivity contribution in [2.45, 2.75) is 6.92 Å². The van der Waals surface area contributed by atoms with Crippen LogP contribution < -0.4 is 15.4 Å². The largest absolute Gasteiger partial charge is 0.495 e. The highest BCUT2D eigenvalue weighted by atomic mass is 19.1. The molecule has 0 bridgehead atoms. The van der Waals surface area contributed by atoms with Gasteiger partial charge >= 0.3 is 0 Å². The van der Waals surface area contributed by atoms with Gasteiger partial charge in [-0.25, -0.2) is 4.39 Å². The van der Waals surface area contributed by atoms with Gasteiger partial charge in [-0.2, -0.15) is 0 Å². The molecule has 0 saturated heterocycles. The van der Waals surface area contributed by atoms with E-state index in [9.17, 15) is 14.0 Å². The molecular formula is C18H17FN2O3. The van der Waals surface area contributed by atoms with Gasteiger partial charge in [0.1, 0.15) is 11.6 Å². The van der Waals surface area contributed by atoms with Crippen LogP contribution in [0.15, 0.2) is 48.5 Å². The lowest BCUT2D eigenvalue weighted by atomic mass is 10.2. The maximum absolute atomic E-state index is 13.5. The number of carbonyl (C=O) groups excluding carboxylic acids is 2. The summed E-state index contributed by atoms with van der Waals surface area (Å²) in [6.45, 7) is 1.39. The Kier molecular flexibility index (Phi) is 5.68. The van der Waals surface area contributed by atoms with Crippen LogP contribution in [-0.4, -0.2) is 18.9 Å². The molecule has 0 aromatic heterocycles. The maximum atomic E-state index is 13.5. The number of carbonyl (C=O) groups is 2. The van der Waals surface area contributed by atoms with Crippen LogP contribution in [0.3, 0.4) is 0 Å². The van der Waals surface area contributed by atoms with E-state index < -0.39 is 11.7 Å². The number of methoxy groups -OCH3 is 1. The average molecular weight is 328 g/mol. The number of anilines is 2. The Morgan fingerprint density at radius 1 is 1.12 bits per heavy atom. The van der Waals surface area contributed by atoms with Gasteiger partial charge in [0.15, 0.2) is 0 Å². The molecule has 2 rings (SSSR count). The summed E-state index contributed by atoms with van der Waals surface area (Å²) in [6.07, 6.45) is 2.61. The SMILES string of the molecule is COc1ccc(NC(C)=O)cc1NC(=O)C=Cc1ccccc1F. The fourth-order valence-electron chi connectivity index (χ4n) is 2.04. The molecule has 0 unspecified atom stereocenters. The molecule has 0 aliphatic rings. The van der Waals surface area contributed by atoms with Crippen LogP contribution in [0.2, 0.25) is 0 Å². The van der Waals surface area contributed by atoms with Gasteiger partial charge in [0.2, 0.25) is 11.8 Å². The summed E-state index contributed by atoms with van der Waals surface area (Å²) in [7, 11) is 1.47. The summed E-state index contributed by atoms with van der Waals surface area (Å²) in [5.74, 6) is -0.642. The van der Waals surface area contributed by atoms with Gasteiger partial charge in [-0.05, 0) is 30.3 Å². The lowest BCUT2D eigenvalue weighted by molar-refractivity contribution is -0.114. The summed E-state index contributed by atoms with van der Waals surface area (Å²) < 4.78 is 18.7. The van der Waals surface area contributed by atoms with E-state index in [-0.39, 0.29) is 5.91 Å². The third-order valence-corrected chi connectivity index (χ3v) is 3.10. The summed E-state index contributed by atoms with van der Waals surface area (Å²) in [5.41, 5.74) is 1.23. The monoisotopic (exact) mass is 328 g/mol. The second-order valence-electron chi connectivity index (χ2n) is 4.94. The molecular weight excluding hydrogens is 311 g/mol. The van der Waals surface area contributed by atoms with Crippen molar-refractivity contribution in [2.75, 3.05) is 17.7 Å². The standard InChI is InChI=1S/C18H17FN2O3/c1-12(22)20-14-8-9-17(24-2)16(11-14)21-18(23)10-7-13-5-3-4-6-15(13)19/h3-11H,1-2H3,(H,20,22)(H,21,23). The number of halogens is 1. The topological polar surface area (TPSA) is 67.4 Å². The van der Waals surface area contributed by atoms with Gasteiger partial charge in [0.25, 0.3) is 0 Å². The quantitative estimate of drug-likeness (QED) is 0.826. The van der Waals surface area contributed by atoms with Crippen LogP contribution in [0.1, 0.15) is 12.5 Å². The van der Waals surface area contributed by atoms with Crippen LogP contribution >= 0.6 is 0 Å². The van der Waals surface area contributed by atoms with Crippen molar-refractivity contribution in [3.63, 3.8) is 0 Å². The molecule has 0 radical (unpaired) electrons. The van der Waals surface area contributed by atoms with Crippen molar-refractivity contribution in [2.24, 2.45) is 0 Å². The van der Waals surface area contributed by atoms with E-state index in [2.05, 4.69) is 10.6 Å². The van der Waals surface area contributed by atoms with E-state index in [4.69, 9.17) is 4.74 Å². The number of hydrogen-bond donors (Lipinski definition) is 2. The van der Waals surface area contributed by atoms with Crippen molar-refractivity contribution in [1.82, 2.24) is 0 Å². The second-order valence-corrected chi connectivity index (χ2v) is 4.94. The van der Waals surface area contributed by atoms with Crippen LogP contribution in [0.5, 0.6) is 5.75 Å². The van der Waals surface area contributed by atoms with Crippen LogP contribution in [0.25, 0.3) is 6.08 Å². The zero-order valence-electron chi connectivity index (χ0n) is 13.3. The number of hydrogen-bond acceptors (Lipinski definition) is 3. The number of rotatable bonds is 5. The van der Waals surface area contributed by atoms with Gasteiger partial charge in [0, 0.05) is 24.3 Å². The third kappa shape index (κ3) is 4.67. The first-order valence-corrected chi connectivity index (χ1v) is 7.19. The van der Waals surface area contributed by atoms with Crippen LogP contribution in [0.4, 0.5) is 15.8 Å². The molecule has 24 heavy (non-hydrogen) atoms. The van der Waals surface area contributed by atoms with Crippen LogP contribution in [-0.2, 0) is 9.59 Å². The molecule has 2 aromatic rings. The van der Waals surface area contributed by atoms with Crippen molar-refractivity contribution in [3.05, 3.63) is 59.9 Å². The Morgan fingerprint density at radius 2 is 1.88 bits per heavy atom. The Labute approximate surface area is 139 Å². The number of ether oxygens (including phenoxy) is 1. The Balaban J connectivity index is 2.15. The van der Waals surface area contributed by atoms with Crippen molar-refractivity contribution in [1.29, 1.82) is 0 Å². The first-order chi connectivity index (χ1) is 11.5. The molecule has 0 aliphatic heterocycles. The molecule has 0 heterocycles. The van der Waals surface area contributed by atoms with Crippen molar-refractivity contribution in [3.8, 4) is 5.75 Å². The summed E-state index contributed by atoms with van der Waals surface area (Å²) in [6, 6.07) is 11.0. The molecule has 6 heteroatoms. The first kappa shape index (κ1) is 17.2. The zero-order valence-corrected chi connectivity index (χ0v) is 13.3. The van der Waals surface area contributed by atoms with Gasteiger partial charge in [0.05, 0.1) is 12.8 Å². The number of nitrogens with one attached hydrogen (secondary N) is 2. The number of benzene rings is 2. The smallest absolute Gasteiger partial charge is 0.248 e. The molecule has 5 nitrogen and oxygen atoms in total. The fourth-order valence-corrected chi connectivity index (χ4v) is 2.04. The highest BCUT2D eigenvalue weighted by molar-refractivity contribution is 6.03. The minimum absolute atomic E-state index is 0.225. The average Bonchev–Trinajstić information content (AvgIpc) is 2.54. The molecule has 0 aliphatic carbocycles. The molecule has 0 saturated carbocycles. The van der Waals surface area contributed by atoms with E-state index in [1.165, 1.54) is 32.3 Å². The predicted molar refractivity (Wildman–Crippen MR) is 91.4 cm³/mol. The van der Waals surface area contributed by atoms with E-state index >= 15 is 0 Å². The molecule has 2 N–H and O–H groups in total. The van der Waals surface area contributed by atoms with E-state index in [1.807, 2.05) is 0 Å². The zero-order chi connectivity index (χ0) is 17.5. The van der Waals surface area contributed by atoms with Crippen molar-refractivity contribution >= 4 is 29.3 Å². The summed E-state index contributed by atoms with van der Waals surface area (Å²) in [4.78, 5) is 23.2. The van der Waals surface area contributed by atoms with Crippen LogP contribution in [0, 0.1) is 5.82 Å². The third-order valence-electron chi connectivity index (χ3n) is 3.10. The molecule has 124 valence electrons. The van der Waals surface area contributed by atoms with Gasteiger partial charge in [-0.3, -0.25) is 9.59 Å². The number of amides is 2. The maximum Gasteiger partial charge on any atom is 0.248 e. The molecule has 2 aromatic carbocycles. The minimum Gasteiger partial charge on any atom is -0.495 e. The van der Waals surface area contributed by atoms with E-state index in [1.54, 1.807) is 36.4 Å². The Bertz CT molecular complexity index is 788. The molecule has 0 spiro atoms. The first-order valence-electron chi connectivity index (χ1n) is 7.19. The Morgan fingerprint density at radius 3 is 2.54 bits per heavy atom. The highest BCUT2D eigenvalue weighted by Gasteiger charge is 2.08. The Hall–Kier alpha value is -3.15. The second kappa shape index (κ2) is 7.92. The summed E-state index contributed by atoms with van der Waals surface area (Å²) in [5, 5.41) is 5.26. The normalized spacial score (nSPS) is 10.5. The van der Waals surface area contributed by atoms with E-state index in [0.29, 0.717) is 22.7 Å². The van der Waals surface area contributed by atoms with E-state index in [0.717, 1.165) is 0 Å².